The minimum absolute atomic E-state index is 0.163. The SMILES string of the molecule is CCCCOCCCNC(=NC)NCC(c1ccc(OC)c(OC)c1)N(C)C. The van der Waals surface area contributed by atoms with Crippen molar-refractivity contribution in [1.29, 1.82) is 0 Å². The monoisotopic (exact) mass is 394 g/mol. The van der Waals surface area contributed by atoms with Gasteiger partial charge in [-0.25, -0.2) is 0 Å². The summed E-state index contributed by atoms with van der Waals surface area (Å²) in [6, 6.07) is 6.19. The maximum absolute atomic E-state index is 5.59. The fourth-order valence-electron chi connectivity index (χ4n) is 2.80. The van der Waals surface area contributed by atoms with Crippen LogP contribution in [0.4, 0.5) is 0 Å². The summed E-state index contributed by atoms with van der Waals surface area (Å²) in [5, 5.41) is 6.75. The van der Waals surface area contributed by atoms with Crippen LogP contribution in [0.1, 0.15) is 37.8 Å². The molecule has 0 aliphatic carbocycles. The van der Waals surface area contributed by atoms with Crippen LogP contribution in [0.2, 0.25) is 0 Å². The molecule has 0 aliphatic heterocycles. The van der Waals surface area contributed by atoms with E-state index >= 15 is 0 Å². The van der Waals surface area contributed by atoms with Crippen molar-refractivity contribution in [3.63, 3.8) is 0 Å². The van der Waals surface area contributed by atoms with Crippen molar-refractivity contribution in [2.75, 3.05) is 61.7 Å². The van der Waals surface area contributed by atoms with Crippen LogP contribution in [0, 0.1) is 0 Å². The molecule has 28 heavy (non-hydrogen) atoms. The zero-order chi connectivity index (χ0) is 20.8. The summed E-state index contributed by atoms with van der Waals surface area (Å²) in [6.07, 6.45) is 3.25. The van der Waals surface area contributed by atoms with E-state index < -0.39 is 0 Å². The van der Waals surface area contributed by atoms with Gasteiger partial charge in [0.1, 0.15) is 0 Å². The second kappa shape index (κ2) is 14.1. The van der Waals surface area contributed by atoms with Gasteiger partial charge in [-0.2, -0.15) is 0 Å². The second-order valence-electron chi connectivity index (χ2n) is 6.79. The lowest BCUT2D eigenvalue weighted by molar-refractivity contribution is 0.129. The lowest BCUT2D eigenvalue weighted by Gasteiger charge is -2.26. The van der Waals surface area contributed by atoms with Crippen LogP contribution < -0.4 is 20.1 Å². The smallest absolute Gasteiger partial charge is 0.191 e. The van der Waals surface area contributed by atoms with Crippen molar-refractivity contribution in [3.8, 4) is 11.5 Å². The molecular weight excluding hydrogens is 356 g/mol. The molecule has 7 heteroatoms. The zero-order valence-corrected chi connectivity index (χ0v) is 18.4. The first-order chi connectivity index (χ1) is 13.6. The highest BCUT2D eigenvalue weighted by molar-refractivity contribution is 5.79. The lowest BCUT2D eigenvalue weighted by Crippen LogP contribution is -2.42. The number of ether oxygens (including phenoxy) is 3. The van der Waals surface area contributed by atoms with E-state index in [0.717, 1.165) is 62.2 Å². The predicted molar refractivity (Wildman–Crippen MR) is 116 cm³/mol. The van der Waals surface area contributed by atoms with Crippen molar-refractivity contribution in [3.05, 3.63) is 23.8 Å². The minimum Gasteiger partial charge on any atom is -0.493 e. The Kier molecular flexibility index (Phi) is 12.1. The van der Waals surface area contributed by atoms with Gasteiger partial charge in [-0.3, -0.25) is 4.99 Å². The third-order valence-electron chi connectivity index (χ3n) is 4.50. The molecule has 1 rings (SSSR count). The van der Waals surface area contributed by atoms with Crippen LogP contribution in [-0.2, 0) is 4.74 Å². The van der Waals surface area contributed by atoms with Crippen molar-refractivity contribution >= 4 is 5.96 Å². The summed E-state index contributed by atoms with van der Waals surface area (Å²) in [4.78, 5) is 6.48. The topological polar surface area (TPSA) is 67.3 Å². The fourth-order valence-corrected chi connectivity index (χ4v) is 2.80. The highest BCUT2D eigenvalue weighted by atomic mass is 16.5. The van der Waals surface area contributed by atoms with E-state index in [2.05, 4.69) is 47.6 Å². The number of hydrogen-bond donors (Lipinski definition) is 2. The molecule has 2 N–H and O–H groups in total. The Hall–Kier alpha value is -1.99. The lowest BCUT2D eigenvalue weighted by atomic mass is 10.1. The first-order valence-electron chi connectivity index (χ1n) is 9.97. The quantitative estimate of drug-likeness (QED) is 0.305. The molecule has 0 amide bonds. The zero-order valence-electron chi connectivity index (χ0n) is 18.4. The highest BCUT2D eigenvalue weighted by Gasteiger charge is 2.17. The summed E-state index contributed by atoms with van der Waals surface area (Å²) >= 11 is 0. The Bertz CT molecular complexity index is 579. The number of nitrogens with zero attached hydrogens (tertiary/aromatic N) is 2. The molecule has 1 atom stereocenters. The molecule has 0 spiro atoms. The molecule has 0 fully saturated rings. The molecule has 0 aliphatic rings. The standard InChI is InChI=1S/C21H38N4O3/c1-7-8-13-28-14-9-12-23-21(22-2)24-16-18(25(3)4)17-10-11-19(26-5)20(15-17)27-6/h10-11,15,18H,7-9,12-14,16H2,1-6H3,(H2,22,23,24). The van der Waals surface area contributed by atoms with E-state index in [9.17, 15) is 0 Å². The number of likely N-dealkylation sites (N-methyl/N-ethyl adjacent to an activating group) is 1. The fraction of sp³-hybridized carbons (Fsp3) is 0.667. The molecule has 160 valence electrons. The van der Waals surface area contributed by atoms with Gasteiger partial charge in [-0.15, -0.1) is 0 Å². The average molecular weight is 395 g/mol. The van der Waals surface area contributed by atoms with Gasteiger partial charge >= 0.3 is 0 Å². The number of guanidine groups is 1. The molecular formula is C21H38N4O3. The molecule has 7 nitrogen and oxygen atoms in total. The van der Waals surface area contributed by atoms with Crippen molar-refractivity contribution in [2.24, 2.45) is 4.99 Å². The van der Waals surface area contributed by atoms with Gasteiger partial charge < -0.3 is 29.7 Å². The molecule has 1 aromatic rings. The maximum atomic E-state index is 5.59. The van der Waals surface area contributed by atoms with Gasteiger partial charge in [-0.05, 0) is 44.6 Å². The third kappa shape index (κ3) is 8.35. The number of hydrogen-bond acceptors (Lipinski definition) is 5. The number of benzene rings is 1. The van der Waals surface area contributed by atoms with Crippen molar-refractivity contribution in [2.45, 2.75) is 32.2 Å². The van der Waals surface area contributed by atoms with E-state index in [-0.39, 0.29) is 6.04 Å². The van der Waals surface area contributed by atoms with Crippen LogP contribution >= 0.6 is 0 Å². The van der Waals surface area contributed by atoms with Gasteiger partial charge in [-0.1, -0.05) is 19.4 Å². The molecule has 0 saturated carbocycles. The molecule has 1 aromatic carbocycles. The number of methoxy groups -OCH3 is 2. The summed E-state index contributed by atoms with van der Waals surface area (Å²) in [7, 11) is 9.21. The van der Waals surface area contributed by atoms with Gasteiger partial charge in [0.05, 0.1) is 20.3 Å². The van der Waals surface area contributed by atoms with Crippen molar-refractivity contribution < 1.29 is 14.2 Å². The van der Waals surface area contributed by atoms with E-state index in [1.54, 1.807) is 21.3 Å². The van der Waals surface area contributed by atoms with E-state index in [1.807, 2.05) is 12.1 Å². The summed E-state index contributed by atoms with van der Waals surface area (Å²) < 4.78 is 16.4. The number of nitrogens with one attached hydrogen (secondary N) is 2. The molecule has 0 saturated heterocycles. The van der Waals surface area contributed by atoms with Crippen LogP contribution in [-0.4, -0.2) is 72.5 Å². The normalized spacial score (nSPS) is 12.8. The number of rotatable bonds is 13. The average Bonchev–Trinajstić information content (AvgIpc) is 2.71. The first-order valence-corrected chi connectivity index (χ1v) is 9.97. The summed E-state index contributed by atoms with van der Waals surface area (Å²) in [5.41, 5.74) is 1.15. The Balaban J connectivity index is 2.55. The van der Waals surface area contributed by atoms with Gasteiger partial charge in [0.2, 0.25) is 0 Å². The highest BCUT2D eigenvalue weighted by Crippen LogP contribution is 2.31. The molecule has 0 bridgehead atoms. The largest absolute Gasteiger partial charge is 0.493 e. The van der Waals surface area contributed by atoms with E-state index in [0.29, 0.717) is 0 Å². The first kappa shape index (κ1) is 24.0. The van der Waals surface area contributed by atoms with Crippen LogP contribution in [0.5, 0.6) is 11.5 Å². The molecule has 0 heterocycles. The number of aliphatic imine (C=N–C) groups is 1. The summed E-state index contributed by atoms with van der Waals surface area (Å²) in [6.45, 7) is 5.34. The van der Waals surface area contributed by atoms with Gasteiger partial charge in [0.15, 0.2) is 17.5 Å². The maximum Gasteiger partial charge on any atom is 0.191 e. The second-order valence-corrected chi connectivity index (χ2v) is 6.79. The third-order valence-corrected chi connectivity index (χ3v) is 4.50. The molecule has 0 aromatic heterocycles. The Morgan fingerprint density at radius 3 is 2.39 bits per heavy atom. The van der Waals surface area contributed by atoms with Crippen LogP contribution in [0.25, 0.3) is 0 Å². The van der Waals surface area contributed by atoms with Crippen molar-refractivity contribution in [1.82, 2.24) is 15.5 Å². The molecule has 1 unspecified atom stereocenters. The Morgan fingerprint density at radius 2 is 1.79 bits per heavy atom. The molecule has 0 radical (unpaired) electrons. The summed E-state index contributed by atoms with van der Waals surface area (Å²) in [5.74, 6) is 2.26. The predicted octanol–water partition coefficient (Wildman–Crippen LogP) is 2.68. The van der Waals surface area contributed by atoms with Crippen LogP contribution in [0.15, 0.2) is 23.2 Å². The number of unbranched alkanes of at least 4 members (excludes halogenated alkanes) is 1. The van der Waals surface area contributed by atoms with E-state index in [4.69, 9.17) is 14.2 Å². The van der Waals surface area contributed by atoms with E-state index in [1.165, 1.54) is 6.42 Å². The minimum atomic E-state index is 0.163. The van der Waals surface area contributed by atoms with Gasteiger partial charge in [0.25, 0.3) is 0 Å². The Labute approximate surface area is 170 Å². The Morgan fingerprint density at radius 1 is 1.07 bits per heavy atom. The van der Waals surface area contributed by atoms with Gasteiger partial charge in [0, 0.05) is 33.4 Å². The van der Waals surface area contributed by atoms with Crippen LogP contribution in [0.3, 0.4) is 0 Å².